The minimum Gasteiger partial charge on any atom is -0.326 e. The minimum atomic E-state index is -0.768. The fourth-order valence-electron chi connectivity index (χ4n) is 1.75. The van der Waals surface area contributed by atoms with Crippen molar-refractivity contribution in [3.63, 3.8) is 0 Å². The van der Waals surface area contributed by atoms with Gasteiger partial charge in [0.05, 0.1) is 0 Å². The minimum absolute atomic E-state index is 0.182. The highest BCUT2D eigenvalue weighted by Crippen LogP contribution is 2.14. The van der Waals surface area contributed by atoms with Crippen LogP contribution in [-0.2, 0) is 14.4 Å². The van der Waals surface area contributed by atoms with Gasteiger partial charge in [0.1, 0.15) is 0 Å². The Hall–Kier alpha value is -2.42. The van der Waals surface area contributed by atoms with Crippen LogP contribution in [0.1, 0.15) is 6.92 Å². The molecule has 6 nitrogen and oxygen atoms in total. The zero-order valence-corrected chi connectivity index (χ0v) is 14.4. The fourth-order valence-corrected chi connectivity index (χ4v) is 2.11. The molecule has 7 heteroatoms. The normalized spacial score (nSPS) is 9.83. The second-order valence-electron chi connectivity index (χ2n) is 4.67. The molecule has 2 rings (SSSR count). The summed E-state index contributed by atoms with van der Waals surface area (Å²) in [5.74, 6) is -1.70. The van der Waals surface area contributed by atoms with Crippen LogP contribution in [0.2, 0.25) is 0 Å². The van der Waals surface area contributed by atoms with Crippen LogP contribution in [0, 0.1) is 3.57 Å². The van der Waals surface area contributed by atoms with Gasteiger partial charge >= 0.3 is 11.8 Å². The lowest BCUT2D eigenvalue weighted by Gasteiger charge is -2.08. The van der Waals surface area contributed by atoms with Crippen LogP contribution in [0.3, 0.4) is 0 Å². The number of halogens is 1. The van der Waals surface area contributed by atoms with E-state index in [0.29, 0.717) is 17.1 Å². The lowest BCUT2D eigenvalue weighted by atomic mass is 10.2. The van der Waals surface area contributed by atoms with E-state index in [0.717, 1.165) is 3.57 Å². The van der Waals surface area contributed by atoms with E-state index < -0.39 is 11.8 Å². The third-order valence-electron chi connectivity index (χ3n) is 2.77. The summed E-state index contributed by atoms with van der Waals surface area (Å²) in [6, 6.07) is 13.6. The molecular weight excluding hydrogens is 409 g/mol. The average molecular weight is 423 g/mol. The third-order valence-corrected chi connectivity index (χ3v) is 3.49. The molecule has 0 aliphatic heterocycles. The quantitative estimate of drug-likeness (QED) is 0.524. The van der Waals surface area contributed by atoms with Crippen LogP contribution in [-0.4, -0.2) is 17.7 Å². The van der Waals surface area contributed by atoms with Gasteiger partial charge in [-0.25, -0.2) is 0 Å². The van der Waals surface area contributed by atoms with E-state index in [9.17, 15) is 14.4 Å². The summed E-state index contributed by atoms with van der Waals surface area (Å²) >= 11 is 2.15. The summed E-state index contributed by atoms with van der Waals surface area (Å²) in [5.41, 5.74) is 1.62. The molecule has 23 heavy (non-hydrogen) atoms. The van der Waals surface area contributed by atoms with Crippen molar-refractivity contribution in [2.75, 3.05) is 16.0 Å². The first-order valence-electron chi connectivity index (χ1n) is 6.69. The molecule has 3 amide bonds. The molecular formula is C16H14IN3O3. The second-order valence-corrected chi connectivity index (χ2v) is 5.92. The average Bonchev–Trinajstić information content (AvgIpc) is 2.51. The number of anilines is 3. The highest BCUT2D eigenvalue weighted by atomic mass is 127. The smallest absolute Gasteiger partial charge is 0.314 e. The van der Waals surface area contributed by atoms with Crippen LogP contribution in [0.4, 0.5) is 17.1 Å². The van der Waals surface area contributed by atoms with Crippen molar-refractivity contribution in [2.45, 2.75) is 6.92 Å². The molecule has 0 heterocycles. The molecule has 118 valence electrons. The summed E-state index contributed by atoms with van der Waals surface area (Å²) in [5, 5.41) is 7.62. The maximum atomic E-state index is 11.9. The Morgan fingerprint density at radius 2 is 1.04 bits per heavy atom. The molecule has 0 spiro atoms. The zero-order valence-electron chi connectivity index (χ0n) is 12.2. The lowest BCUT2D eigenvalue weighted by molar-refractivity contribution is -0.132. The molecule has 0 atom stereocenters. The van der Waals surface area contributed by atoms with Crippen molar-refractivity contribution in [1.29, 1.82) is 0 Å². The van der Waals surface area contributed by atoms with Gasteiger partial charge in [-0.05, 0) is 71.1 Å². The Morgan fingerprint density at radius 1 is 0.696 bits per heavy atom. The number of nitrogens with one attached hydrogen (secondary N) is 3. The summed E-state index contributed by atoms with van der Waals surface area (Å²) in [6.45, 7) is 1.41. The van der Waals surface area contributed by atoms with Crippen LogP contribution in [0.5, 0.6) is 0 Å². The van der Waals surface area contributed by atoms with Crippen LogP contribution >= 0.6 is 22.6 Å². The maximum Gasteiger partial charge on any atom is 0.314 e. The standard InChI is InChI=1S/C16H14IN3O3/c1-10(21)18-12-6-8-14(9-7-12)20-16(23)15(22)19-13-4-2-11(17)3-5-13/h2-9H,1H3,(H,18,21)(H,19,22)(H,20,23). The number of hydrogen-bond donors (Lipinski definition) is 3. The van der Waals surface area contributed by atoms with Crippen molar-refractivity contribution in [1.82, 2.24) is 0 Å². The summed E-state index contributed by atoms with van der Waals surface area (Å²) < 4.78 is 1.03. The second kappa shape index (κ2) is 7.73. The molecule has 0 aromatic heterocycles. The Balaban J connectivity index is 1.94. The lowest BCUT2D eigenvalue weighted by Crippen LogP contribution is -2.29. The Morgan fingerprint density at radius 3 is 1.43 bits per heavy atom. The molecule has 0 unspecified atom stereocenters. The number of hydrogen-bond acceptors (Lipinski definition) is 3. The van der Waals surface area contributed by atoms with E-state index >= 15 is 0 Å². The summed E-state index contributed by atoms with van der Waals surface area (Å²) in [4.78, 5) is 34.6. The van der Waals surface area contributed by atoms with Crippen molar-refractivity contribution in [3.05, 3.63) is 52.1 Å². The van der Waals surface area contributed by atoms with Crippen LogP contribution in [0.15, 0.2) is 48.5 Å². The van der Waals surface area contributed by atoms with E-state index in [4.69, 9.17) is 0 Å². The molecule has 0 fully saturated rings. The molecule has 0 saturated carbocycles. The van der Waals surface area contributed by atoms with Crippen molar-refractivity contribution < 1.29 is 14.4 Å². The largest absolute Gasteiger partial charge is 0.326 e. The summed E-state index contributed by atoms with van der Waals surface area (Å²) in [7, 11) is 0. The first-order valence-corrected chi connectivity index (χ1v) is 7.77. The van der Waals surface area contributed by atoms with Gasteiger partial charge in [0, 0.05) is 27.6 Å². The zero-order chi connectivity index (χ0) is 16.8. The van der Waals surface area contributed by atoms with Gasteiger partial charge in [-0.1, -0.05) is 0 Å². The predicted octanol–water partition coefficient (Wildman–Crippen LogP) is 2.83. The van der Waals surface area contributed by atoms with Gasteiger partial charge < -0.3 is 16.0 Å². The van der Waals surface area contributed by atoms with E-state index in [1.54, 1.807) is 36.4 Å². The van der Waals surface area contributed by atoms with Crippen LogP contribution in [0.25, 0.3) is 0 Å². The van der Waals surface area contributed by atoms with Crippen molar-refractivity contribution >= 4 is 57.4 Å². The molecule has 2 aromatic rings. The number of benzene rings is 2. The van der Waals surface area contributed by atoms with Crippen molar-refractivity contribution in [2.24, 2.45) is 0 Å². The Kier molecular flexibility index (Phi) is 5.69. The molecule has 0 bridgehead atoms. The van der Waals surface area contributed by atoms with Gasteiger partial charge in [-0.2, -0.15) is 0 Å². The van der Waals surface area contributed by atoms with Gasteiger partial charge in [0.2, 0.25) is 5.91 Å². The van der Waals surface area contributed by atoms with Gasteiger partial charge in [-0.3, -0.25) is 14.4 Å². The molecule has 2 aromatic carbocycles. The van der Waals surface area contributed by atoms with E-state index in [1.165, 1.54) is 6.92 Å². The van der Waals surface area contributed by atoms with Gasteiger partial charge in [0.15, 0.2) is 0 Å². The number of rotatable bonds is 3. The molecule has 0 radical (unpaired) electrons. The maximum absolute atomic E-state index is 11.9. The number of amides is 3. The van der Waals surface area contributed by atoms with Gasteiger partial charge in [-0.15, -0.1) is 0 Å². The first-order chi connectivity index (χ1) is 10.9. The Labute approximate surface area is 146 Å². The molecule has 0 saturated heterocycles. The fraction of sp³-hybridized carbons (Fsp3) is 0.0625. The number of carbonyl (C=O) groups excluding carboxylic acids is 3. The highest BCUT2D eigenvalue weighted by Gasteiger charge is 2.14. The topological polar surface area (TPSA) is 87.3 Å². The molecule has 0 aliphatic carbocycles. The monoisotopic (exact) mass is 423 g/mol. The van der Waals surface area contributed by atoms with Crippen molar-refractivity contribution in [3.8, 4) is 0 Å². The van der Waals surface area contributed by atoms with Crippen LogP contribution < -0.4 is 16.0 Å². The summed E-state index contributed by atoms with van der Waals surface area (Å²) in [6.07, 6.45) is 0. The van der Waals surface area contributed by atoms with E-state index in [2.05, 4.69) is 38.5 Å². The predicted molar refractivity (Wildman–Crippen MR) is 97.2 cm³/mol. The first kappa shape index (κ1) is 16.9. The third kappa shape index (κ3) is 5.37. The Bertz CT molecular complexity index is 727. The highest BCUT2D eigenvalue weighted by molar-refractivity contribution is 14.1. The SMILES string of the molecule is CC(=O)Nc1ccc(NC(=O)C(=O)Nc2ccc(I)cc2)cc1. The number of carbonyl (C=O) groups is 3. The molecule has 3 N–H and O–H groups in total. The van der Waals surface area contributed by atoms with E-state index in [-0.39, 0.29) is 5.91 Å². The van der Waals surface area contributed by atoms with Gasteiger partial charge in [0.25, 0.3) is 0 Å². The molecule has 0 aliphatic rings. The van der Waals surface area contributed by atoms with E-state index in [1.807, 2.05) is 12.1 Å².